The van der Waals surface area contributed by atoms with E-state index in [4.69, 9.17) is 4.74 Å². The summed E-state index contributed by atoms with van der Waals surface area (Å²) in [5.41, 5.74) is 5.44. The molecule has 7 heteroatoms. The highest BCUT2D eigenvalue weighted by Crippen LogP contribution is 2.21. The van der Waals surface area contributed by atoms with Crippen molar-refractivity contribution in [2.24, 2.45) is 0 Å². The molecule has 0 saturated heterocycles. The van der Waals surface area contributed by atoms with Gasteiger partial charge in [0.1, 0.15) is 13.2 Å². The van der Waals surface area contributed by atoms with Gasteiger partial charge in [-0.15, -0.1) is 11.3 Å². The lowest BCUT2D eigenvalue weighted by Crippen LogP contribution is -2.30. The molecule has 0 bridgehead atoms. The molecule has 6 nitrogen and oxygen atoms in total. The van der Waals surface area contributed by atoms with E-state index in [1.807, 2.05) is 56.5 Å². The van der Waals surface area contributed by atoms with Crippen molar-refractivity contribution in [3.8, 4) is 0 Å². The molecule has 1 heterocycles. The number of aromatic nitrogens is 1. The zero-order chi connectivity index (χ0) is 20.8. The van der Waals surface area contributed by atoms with Crippen LogP contribution in [0.25, 0.3) is 0 Å². The van der Waals surface area contributed by atoms with Gasteiger partial charge in [-0.25, -0.2) is 4.98 Å². The second kappa shape index (κ2) is 9.34. The molecule has 150 valence electrons. The van der Waals surface area contributed by atoms with Crippen LogP contribution in [0.15, 0.2) is 47.8 Å². The molecule has 2 N–H and O–H groups in total. The smallest absolute Gasteiger partial charge is 0.325 e. The number of aryl methyl sites for hydroxylation is 3. The standard InChI is InChI=1S/C22H23N3O3S/c1-14-4-8-18(9-5-14)24-22-25-19(13-29-22)12-28-20(26)11-23-21(27)17-7-6-15(2)16(3)10-17/h4-10,13H,11-12H2,1-3H3,(H,23,27)(H,24,25). The van der Waals surface area contributed by atoms with Crippen molar-refractivity contribution in [1.29, 1.82) is 0 Å². The van der Waals surface area contributed by atoms with Crippen LogP contribution in [0.5, 0.6) is 0 Å². The maximum atomic E-state index is 12.1. The van der Waals surface area contributed by atoms with Gasteiger partial charge >= 0.3 is 5.97 Å². The van der Waals surface area contributed by atoms with E-state index < -0.39 is 5.97 Å². The number of hydrogen-bond donors (Lipinski definition) is 2. The molecular formula is C22H23N3O3S. The van der Waals surface area contributed by atoms with Crippen molar-refractivity contribution in [1.82, 2.24) is 10.3 Å². The number of amides is 1. The number of carbonyl (C=O) groups is 2. The minimum absolute atomic E-state index is 0.0599. The summed E-state index contributed by atoms with van der Waals surface area (Å²) >= 11 is 1.43. The molecule has 0 fully saturated rings. The highest BCUT2D eigenvalue weighted by molar-refractivity contribution is 7.13. The fraction of sp³-hybridized carbons (Fsp3) is 0.227. The van der Waals surface area contributed by atoms with Gasteiger partial charge in [0.2, 0.25) is 0 Å². The maximum Gasteiger partial charge on any atom is 0.325 e. The van der Waals surface area contributed by atoms with E-state index in [1.165, 1.54) is 16.9 Å². The molecule has 29 heavy (non-hydrogen) atoms. The predicted octanol–water partition coefficient (Wildman–Crippen LogP) is 4.29. The van der Waals surface area contributed by atoms with Gasteiger partial charge in [0.25, 0.3) is 5.91 Å². The zero-order valence-corrected chi connectivity index (χ0v) is 17.4. The third kappa shape index (κ3) is 5.89. The quantitative estimate of drug-likeness (QED) is 0.569. The summed E-state index contributed by atoms with van der Waals surface area (Å²) in [6.45, 7) is 5.82. The average Bonchev–Trinajstić information content (AvgIpc) is 3.15. The molecule has 0 spiro atoms. The molecule has 3 aromatic rings. The van der Waals surface area contributed by atoms with Crippen molar-refractivity contribution >= 4 is 34.0 Å². The molecule has 0 saturated carbocycles. The second-order valence-corrected chi connectivity index (χ2v) is 7.64. The Morgan fingerprint density at radius 2 is 1.79 bits per heavy atom. The van der Waals surface area contributed by atoms with E-state index in [2.05, 4.69) is 15.6 Å². The molecule has 0 atom stereocenters. The molecule has 0 radical (unpaired) electrons. The molecule has 1 aromatic heterocycles. The third-order valence-electron chi connectivity index (χ3n) is 4.40. The topological polar surface area (TPSA) is 80.3 Å². The van der Waals surface area contributed by atoms with Gasteiger partial charge in [-0.1, -0.05) is 23.8 Å². The van der Waals surface area contributed by atoms with Crippen LogP contribution in [0, 0.1) is 20.8 Å². The van der Waals surface area contributed by atoms with E-state index in [1.54, 1.807) is 12.1 Å². The van der Waals surface area contributed by atoms with Gasteiger partial charge in [0, 0.05) is 16.6 Å². The normalized spacial score (nSPS) is 10.4. The number of ether oxygens (including phenoxy) is 1. The largest absolute Gasteiger partial charge is 0.458 e. The summed E-state index contributed by atoms with van der Waals surface area (Å²) in [6.07, 6.45) is 0. The lowest BCUT2D eigenvalue weighted by Gasteiger charge is -2.07. The van der Waals surface area contributed by atoms with E-state index in [-0.39, 0.29) is 19.1 Å². The Morgan fingerprint density at radius 1 is 1.03 bits per heavy atom. The lowest BCUT2D eigenvalue weighted by atomic mass is 10.1. The monoisotopic (exact) mass is 409 g/mol. The van der Waals surface area contributed by atoms with Crippen molar-refractivity contribution < 1.29 is 14.3 Å². The molecule has 0 aliphatic rings. The Hall–Kier alpha value is -3.19. The Morgan fingerprint density at radius 3 is 2.52 bits per heavy atom. The highest BCUT2D eigenvalue weighted by Gasteiger charge is 2.11. The highest BCUT2D eigenvalue weighted by atomic mass is 32.1. The summed E-state index contributed by atoms with van der Waals surface area (Å²) in [5.74, 6) is -0.813. The number of thiazole rings is 1. The van der Waals surface area contributed by atoms with E-state index in [0.717, 1.165) is 21.9 Å². The fourth-order valence-electron chi connectivity index (χ4n) is 2.53. The number of hydrogen-bond acceptors (Lipinski definition) is 6. The molecule has 3 rings (SSSR count). The first-order valence-corrected chi connectivity index (χ1v) is 10.1. The summed E-state index contributed by atoms with van der Waals surface area (Å²) < 4.78 is 5.20. The van der Waals surface area contributed by atoms with Crippen molar-refractivity contribution in [2.75, 3.05) is 11.9 Å². The van der Waals surface area contributed by atoms with Crippen LogP contribution >= 0.6 is 11.3 Å². The van der Waals surface area contributed by atoms with Crippen LogP contribution in [-0.2, 0) is 16.1 Å². The van der Waals surface area contributed by atoms with Crippen LogP contribution in [0.4, 0.5) is 10.8 Å². The second-order valence-electron chi connectivity index (χ2n) is 6.78. The molecular weight excluding hydrogens is 386 g/mol. The number of anilines is 2. The van der Waals surface area contributed by atoms with Crippen LogP contribution in [0.3, 0.4) is 0 Å². The Labute approximate surface area is 173 Å². The van der Waals surface area contributed by atoms with E-state index in [0.29, 0.717) is 11.3 Å². The first kappa shape index (κ1) is 20.5. The lowest BCUT2D eigenvalue weighted by molar-refractivity contribution is -0.143. The van der Waals surface area contributed by atoms with Gasteiger partial charge in [0.15, 0.2) is 5.13 Å². The van der Waals surface area contributed by atoms with Crippen molar-refractivity contribution in [2.45, 2.75) is 27.4 Å². The zero-order valence-electron chi connectivity index (χ0n) is 16.6. The SMILES string of the molecule is Cc1ccc(Nc2nc(COC(=O)CNC(=O)c3ccc(C)c(C)c3)cs2)cc1. The van der Waals surface area contributed by atoms with Crippen molar-refractivity contribution in [3.63, 3.8) is 0 Å². The van der Waals surface area contributed by atoms with Crippen LogP contribution in [-0.4, -0.2) is 23.4 Å². The van der Waals surface area contributed by atoms with E-state index in [9.17, 15) is 9.59 Å². The number of esters is 1. The van der Waals surface area contributed by atoms with Gasteiger partial charge in [-0.05, 0) is 56.2 Å². The first-order chi connectivity index (χ1) is 13.9. The number of nitrogens with one attached hydrogen (secondary N) is 2. The van der Waals surface area contributed by atoms with Gasteiger partial charge < -0.3 is 15.4 Å². The van der Waals surface area contributed by atoms with Gasteiger partial charge in [-0.2, -0.15) is 0 Å². The average molecular weight is 410 g/mol. The van der Waals surface area contributed by atoms with Gasteiger partial charge in [-0.3, -0.25) is 9.59 Å². The van der Waals surface area contributed by atoms with E-state index >= 15 is 0 Å². The van der Waals surface area contributed by atoms with Crippen LogP contribution < -0.4 is 10.6 Å². The summed E-state index contributed by atoms with van der Waals surface area (Å²) in [7, 11) is 0. The van der Waals surface area contributed by atoms with Gasteiger partial charge in [0.05, 0.1) is 5.69 Å². The summed E-state index contributed by atoms with van der Waals surface area (Å²) in [5, 5.41) is 8.35. The number of rotatable bonds is 7. The predicted molar refractivity (Wildman–Crippen MR) is 115 cm³/mol. The summed E-state index contributed by atoms with van der Waals surface area (Å²) in [4.78, 5) is 28.5. The number of carbonyl (C=O) groups excluding carboxylic acids is 2. The first-order valence-electron chi connectivity index (χ1n) is 9.20. The summed E-state index contributed by atoms with van der Waals surface area (Å²) in [6, 6.07) is 13.4. The minimum Gasteiger partial charge on any atom is -0.458 e. The maximum absolute atomic E-state index is 12.1. The Kier molecular flexibility index (Phi) is 6.61. The molecule has 0 aliphatic carbocycles. The molecule has 0 aliphatic heterocycles. The Balaban J connectivity index is 1.44. The van der Waals surface area contributed by atoms with Crippen molar-refractivity contribution in [3.05, 3.63) is 75.8 Å². The minimum atomic E-state index is -0.511. The van der Waals surface area contributed by atoms with Crippen LogP contribution in [0.1, 0.15) is 32.7 Å². The fourth-order valence-corrected chi connectivity index (χ4v) is 3.25. The molecule has 0 unspecified atom stereocenters. The Bertz CT molecular complexity index is 1010. The number of benzene rings is 2. The van der Waals surface area contributed by atoms with Crippen LogP contribution in [0.2, 0.25) is 0 Å². The third-order valence-corrected chi connectivity index (χ3v) is 5.20. The molecule has 2 aromatic carbocycles. The number of nitrogens with zero attached hydrogens (tertiary/aromatic N) is 1. The molecule has 1 amide bonds.